The molecule has 1 atom stereocenters. The predicted octanol–water partition coefficient (Wildman–Crippen LogP) is 3.61. The van der Waals surface area contributed by atoms with Gasteiger partial charge in [-0.2, -0.15) is 0 Å². The molecule has 0 radical (unpaired) electrons. The number of hydrogen-bond acceptors (Lipinski definition) is 1. The highest BCUT2D eigenvalue weighted by atomic mass is 16.2. The molecule has 0 saturated heterocycles. The van der Waals surface area contributed by atoms with Gasteiger partial charge in [0.05, 0.1) is 0 Å². The Bertz CT molecular complexity index is 439. The minimum atomic E-state index is 0.225. The Morgan fingerprint density at radius 1 is 1.33 bits per heavy atom. The van der Waals surface area contributed by atoms with Gasteiger partial charge in [-0.3, -0.25) is 4.79 Å². The second kappa shape index (κ2) is 5.55. The summed E-state index contributed by atoms with van der Waals surface area (Å²) in [6, 6.07) is 6.46. The summed E-state index contributed by atoms with van der Waals surface area (Å²) in [6.45, 7) is 8.29. The normalized spacial score (nSPS) is 16.6. The van der Waals surface area contributed by atoms with Crippen molar-refractivity contribution in [2.75, 3.05) is 13.1 Å². The van der Waals surface area contributed by atoms with E-state index in [0.717, 1.165) is 37.9 Å². The number of carbonyl (C=O) groups excluding carboxylic acids is 1. The van der Waals surface area contributed by atoms with Gasteiger partial charge < -0.3 is 4.90 Å². The number of rotatable bonds is 4. The van der Waals surface area contributed by atoms with Gasteiger partial charge >= 0.3 is 0 Å². The highest BCUT2D eigenvalue weighted by Gasteiger charge is 2.24. The Balaban J connectivity index is 2.30. The third kappa shape index (κ3) is 2.43. The SMILES string of the molecule is CCCN1CCc2ccc(C(C)CC)cc2C1=O. The van der Waals surface area contributed by atoms with Crippen LogP contribution in [-0.4, -0.2) is 23.9 Å². The molecule has 2 nitrogen and oxygen atoms in total. The molecule has 1 amide bonds. The third-order valence-electron chi connectivity index (χ3n) is 3.98. The molecule has 0 aliphatic carbocycles. The number of amides is 1. The molecule has 0 saturated carbocycles. The van der Waals surface area contributed by atoms with Gasteiger partial charge in [-0.1, -0.05) is 32.9 Å². The van der Waals surface area contributed by atoms with E-state index in [-0.39, 0.29) is 5.91 Å². The maximum absolute atomic E-state index is 12.4. The minimum absolute atomic E-state index is 0.225. The van der Waals surface area contributed by atoms with Crippen LogP contribution in [0.5, 0.6) is 0 Å². The van der Waals surface area contributed by atoms with Crippen LogP contribution in [0.2, 0.25) is 0 Å². The number of carbonyl (C=O) groups is 1. The standard InChI is InChI=1S/C16H23NO/c1-4-9-17-10-8-13-6-7-14(12(3)5-2)11-15(13)16(17)18/h6-7,11-12H,4-5,8-10H2,1-3H3. The molecule has 1 unspecified atom stereocenters. The molecule has 0 aromatic heterocycles. The van der Waals surface area contributed by atoms with Crippen LogP contribution in [0.1, 0.15) is 61.0 Å². The first-order chi connectivity index (χ1) is 8.67. The quantitative estimate of drug-likeness (QED) is 0.793. The number of benzene rings is 1. The molecule has 2 heteroatoms. The van der Waals surface area contributed by atoms with Gasteiger partial charge in [0, 0.05) is 18.7 Å². The second-order valence-corrected chi connectivity index (χ2v) is 5.27. The Morgan fingerprint density at radius 2 is 2.11 bits per heavy atom. The average Bonchev–Trinajstić information content (AvgIpc) is 2.41. The first kappa shape index (κ1) is 13.1. The third-order valence-corrected chi connectivity index (χ3v) is 3.98. The van der Waals surface area contributed by atoms with Gasteiger partial charge in [0.2, 0.25) is 0 Å². The molecule has 2 rings (SSSR count). The van der Waals surface area contributed by atoms with E-state index in [9.17, 15) is 4.79 Å². The average molecular weight is 245 g/mol. The van der Waals surface area contributed by atoms with Crippen molar-refractivity contribution in [1.82, 2.24) is 4.90 Å². The van der Waals surface area contributed by atoms with E-state index in [2.05, 4.69) is 39.0 Å². The van der Waals surface area contributed by atoms with Crippen molar-refractivity contribution in [2.24, 2.45) is 0 Å². The Morgan fingerprint density at radius 3 is 2.78 bits per heavy atom. The van der Waals surface area contributed by atoms with Crippen molar-refractivity contribution >= 4 is 5.91 Å². The van der Waals surface area contributed by atoms with Gasteiger partial charge in [0.1, 0.15) is 0 Å². The Kier molecular flexibility index (Phi) is 4.05. The van der Waals surface area contributed by atoms with E-state index in [1.165, 1.54) is 11.1 Å². The lowest BCUT2D eigenvalue weighted by atomic mass is 9.91. The lowest BCUT2D eigenvalue weighted by molar-refractivity contribution is 0.0739. The first-order valence-corrected chi connectivity index (χ1v) is 7.09. The van der Waals surface area contributed by atoms with Gasteiger partial charge in [0.15, 0.2) is 0 Å². The first-order valence-electron chi connectivity index (χ1n) is 7.09. The van der Waals surface area contributed by atoms with Crippen molar-refractivity contribution in [3.8, 4) is 0 Å². The second-order valence-electron chi connectivity index (χ2n) is 5.27. The largest absolute Gasteiger partial charge is 0.338 e. The van der Waals surface area contributed by atoms with Gasteiger partial charge in [0.25, 0.3) is 5.91 Å². The molecular weight excluding hydrogens is 222 g/mol. The van der Waals surface area contributed by atoms with Crippen molar-refractivity contribution in [3.05, 3.63) is 34.9 Å². The van der Waals surface area contributed by atoms with E-state index in [4.69, 9.17) is 0 Å². The molecule has 98 valence electrons. The predicted molar refractivity (Wildman–Crippen MR) is 75.0 cm³/mol. The molecule has 1 aromatic rings. The fraction of sp³-hybridized carbons (Fsp3) is 0.562. The van der Waals surface area contributed by atoms with Crippen LogP contribution in [-0.2, 0) is 6.42 Å². The number of fused-ring (bicyclic) bond motifs is 1. The van der Waals surface area contributed by atoms with Crippen LogP contribution in [0.3, 0.4) is 0 Å². The Hall–Kier alpha value is -1.31. The maximum Gasteiger partial charge on any atom is 0.254 e. The lowest BCUT2D eigenvalue weighted by Gasteiger charge is -2.29. The molecule has 1 aliphatic heterocycles. The molecular formula is C16H23NO. The highest BCUT2D eigenvalue weighted by Crippen LogP contribution is 2.25. The summed E-state index contributed by atoms with van der Waals surface area (Å²) in [5, 5.41) is 0. The van der Waals surface area contributed by atoms with Gasteiger partial charge in [-0.05, 0) is 42.4 Å². The van der Waals surface area contributed by atoms with Crippen LogP contribution in [0.25, 0.3) is 0 Å². The highest BCUT2D eigenvalue weighted by molar-refractivity contribution is 5.97. The van der Waals surface area contributed by atoms with E-state index < -0.39 is 0 Å². The smallest absolute Gasteiger partial charge is 0.254 e. The molecule has 18 heavy (non-hydrogen) atoms. The van der Waals surface area contributed by atoms with E-state index >= 15 is 0 Å². The molecule has 0 spiro atoms. The van der Waals surface area contributed by atoms with Crippen LogP contribution in [0, 0.1) is 0 Å². The van der Waals surface area contributed by atoms with Crippen molar-refractivity contribution in [3.63, 3.8) is 0 Å². The topological polar surface area (TPSA) is 20.3 Å². The summed E-state index contributed by atoms with van der Waals surface area (Å²) in [7, 11) is 0. The van der Waals surface area contributed by atoms with Crippen molar-refractivity contribution in [1.29, 1.82) is 0 Å². The van der Waals surface area contributed by atoms with E-state index in [0.29, 0.717) is 5.92 Å². The summed E-state index contributed by atoms with van der Waals surface area (Å²) in [5.74, 6) is 0.757. The molecule has 0 bridgehead atoms. The summed E-state index contributed by atoms with van der Waals surface area (Å²) in [6.07, 6.45) is 3.15. The van der Waals surface area contributed by atoms with Gasteiger partial charge in [-0.25, -0.2) is 0 Å². The van der Waals surface area contributed by atoms with Crippen LogP contribution in [0.15, 0.2) is 18.2 Å². The minimum Gasteiger partial charge on any atom is -0.338 e. The van der Waals surface area contributed by atoms with Crippen molar-refractivity contribution in [2.45, 2.75) is 46.0 Å². The molecule has 0 fully saturated rings. The van der Waals surface area contributed by atoms with E-state index in [1.54, 1.807) is 0 Å². The maximum atomic E-state index is 12.4. The molecule has 1 heterocycles. The van der Waals surface area contributed by atoms with Gasteiger partial charge in [-0.15, -0.1) is 0 Å². The van der Waals surface area contributed by atoms with Crippen LogP contribution < -0.4 is 0 Å². The summed E-state index contributed by atoms with van der Waals surface area (Å²) >= 11 is 0. The van der Waals surface area contributed by atoms with Crippen LogP contribution >= 0.6 is 0 Å². The number of nitrogens with zero attached hydrogens (tertiary/aromatic N) is 1. The molecule has 1 aromatic carbocycles. The summed E-state index contributed by atoms with van der Waals surface area (Å²) < 4.78 is 0. The lowest BCUT2D eigenvalue weighted by Crippen LogP contribution is -2.38. The molecule has 0 N–H and O–H groups in total. The van der Waals surface area contributed by atoms with E-state index in [1.807, 2.05) is 4.90 Å². The fourth-order valence-electron chi connectivity index (χ4n) is 2.56. The summed E-state index contributed by atoms with van der Waals surface area (Å²) in [5.41, 5.74) is 3.45. The zero-order chi connectivity index (χ0) is 13.1. The molecule has 1 aliphatic rings. The zero-order valence-corrected chi connectivity index (χ0v) is 11.7. The monoisotopic (exact) mass is 245 g/mol. The zero-order valence-electron chi connectivity index (χ0n) is 11.7. The van der Waals surface area contributed by atoms with Crippen LogP contribution in [0.4, 0.5) is 0 Å². The fourth-order valence-corrected chi connectivity index (χ4v) is 2.56. The summed E-state index contributed by atoms with van der Waals surface area (Å²) in [4.78, 5) is 14.4. The Labute approximate surface area is 110 Å². The van der Waals surface area contributed by atoms with Crippen molar-refractivity contribution < 1.29 is 4.79 Å². The number of hydrogen-bond donors (Lipinski definition) is 0.